The lowest BCUT2D eigenvalue weighted by Crippen LogP contribution is -2.48. The van der Waals surface area contributed by atoms with Gasteiger partial charge in [-0.05, 0) is 12.1 Å². The lowest BCUT2D eigenvalue weighted by Gasteiger charge is -2.33. The van der Waals surface area contributed by atoms with E-state index < -0.39 is 12.9 Å². The van der Waals surface area contributed by atoms with Crippen molar-refractivity contribution < 1.29 is 13.7 Å². The number of hydrogen-bond donors (Lipinski definition) is 0. The van der Waals surface area contributed by atoms with E-state index in [1.807, 2.05) is 13.8 Å². The van der Waals surface area contributed by atoms with Crippen molar-refractivity contribution in [2.45, 2.75) is 13.8 Å². The molecule has 0 saturated carbocycles. The summed E-state index contributed by atoms with van der Waals surface area (Å²) in [6, 6.07) is 4.50. The van der Waals surface area contributed by atoms with Crippen LogP contribution in [0.5, 0.6) is 0 Å². The van der Waals surface area contributed by atoms with Gasteiger partial charge in [-0.3, -0.25) is 0 Å². The maximum absolute atomic E-state index is 13.6. The highest BCUT2D eigenvalue weighted by Crippen LogP contribution is 2.22. The first-order valence-electron chi connectivity index (χ1n) is 5.16. The average molecular weight is 242 g/mol. The normalized spacial score (nSPS) is 19.9. The van der Waals surface area contributed by atoms with Crippen LogP contribution in [0.4, 0.5) is 4.39 Å². The first kappa shape index (κ1) is 11.9. The van der Waals surface area contributed by atoms with Crippen molar-refractivity contribution in [2.75, 3.05) is 13.2 Å². The topological polar surface area (TPSA) is 18.5 Å². The third-order valence-electron chi connectivity index (χ3n) is 2.47. The Balaban J connectivity index is 2.14. The molecule has 0 amide bonds. The Morgan fingerprint density at radius 1 is 1.31 bits per heavy atom. The van der Waals surface area contributed by atoms with E-state index in [9.17, 15) is 4.39 Å². The Bertz CT molecular complexity index is 388. The van der Waals surface area contributed by atoms with Gasteiger partial charge >= 0.3 is 7.12 Å². The van der Waals surface area contributed by atoms with Crippen LogP contribution in [0.25, 0.3) is 0 Å². The highest BCUT2D eigenvalue weighted by Gasteiger charge is 2.34. The van der Waals surface area contributed by atoms with Crippen molar-refractivity contribution in [3.63, 3.8) is 0 Å². The quantitative estimate of drug-likeness (QED) is 0.703. The molecule has 2 rings (SSSR count). The molecule has 2 nitrogen and oxygen atoms in total. The summed E-state index contributed by atoms with van der Waals surface area (Å²) >= 11 is 5.68. The number of halogens is 2. The predicted molar refractivity (Wildman–Crippen MR) is 62.5 cm³/mol. The van der Waals surface area contributed by atoms with E-state index in [-0.39, 0.29) is 5.41 Å². The molecule has 0 aliphatic carbocycles. The molecule has 1 saturated heterocycles. The van der Waals surface area contributed by atoms with Gasteiger partial charge in [0.1, 0.15) is 5.82 Å². The molecule has 1 aromatic carbocycles. The monoisotopic (exact) mass is 242 g/mol. The van der Waals surface area contributed by atoms with Crippen LogP contribution in [0.1, 0.15) is 13.8 Å². The fraction of sp³-hybridized carbons (Fsp3) is 0.455. The Labute approximate surface area is 99.8 Å². The van der Waals surface area contributed by atoms with Crippen molar-refractivity contribution in [3.05, 3.63) is 29.0 Å². The van der Waals surface area contributed by atoms with Crippen LogP contribution >= 0.6 is 11.6 Å². The summed E-state index contributed by atoms with van der Waals surface area (Å²) in [4.78, 5) is 0. The minimum absolute atomic E-state index is 0.0145. The second-order valence-corrected chi connectivity index (χ2v) is 5.22. The first-order valence-corrected chi connectivity index (χ1v) is 5.54. The van der Waals surface area contributed by atoms with E-state index >= 15 is 0 Å². The molecule has 0 aromatic heterocycles. The molecule has 0 bridgehead atoms. The molecule has 0 atom stereocenters. The Kier molecular flexibility index (Phi) is 3.24. The molecule has 86 valence electrons. The van der Waals surface area contributed by atoms with Gasteiger partial charge in [-0.2, -0.15) is 0 Å². The van der Waals surface area contributed by atoms with Crippen LogP contribution in [-0.4, -0.2) is 20.3 Å². The Morgan fingerprint density at radius 3 is 2.50 bits per heavy atom. The van der Waals surface area contributed by atoms with Gasteiger partial charge in [-0.1, -0.05) is 31.5 Å². The minimum Gasteiger partial charge on any atom is -0.407 e. The Hall–Kier alpha value is -0.575. The van der Waals surface area contributed by atoms with E-state index in [0.29, 0.717) is 23.7 Å². The molecule has 1 aromatic rings. The van der Waals surface area contributed by atoms with Crippen molar-refractivity contribution >= 4 is 24.2 Å². The second-order valence-electron chi connectivity index (χ2n) is 4.78. The molecule has 1 heterocycles. The maximum atomic E-state index is 13.6. The lowest BCUT2D eigenvalue weighted by atomic mass is 9.75. The third-order valence-corrected chi connectivity index (χ3v) is 2.70. The van der Waals surface area contributed by atoms with Crippen LogP contribution in [0.3, 0.4) is 0 Å². The van der Waals surface area contributed by atoms with Gasteiger partial charge in [-0.15, -0.1) is 0 Å². The molecule has 16 heavy (non-hydrogen) atoms. The summed E-state index contributed by atoms with van der Waals surface area (Å²) in [5.74, 6) is -0.391. The summed E-state index contributed by atoms with van der Waals surface area (Å²) in [5, 5.41) is 0.373. The number of rotatable bonds is 1. The van der Waals surface area contributed by atoms with Crippen molar-refractivity contribution in [3.8, 4) is 0 Å². The maximum Gasteiger partial charge on any atom is 0.496 e. The summed E-state index contributed by atoms with van der Waals surface area (Å²) < 4.78 is 24.6. The fourth-order valence-corrected chi connectivity index (χ4v) is 1.72. The number of benzene rings is 1. The van der Waals surface area contributed by atoms with Gasteiger partial charge < -0.3 is 9.31 Å². The van der Waals surface area contributed by atoms with Crippen molar-refractivity contribution in [1.29, 1.82) is 0 Å². The lowest BCUT2D eigenvalue weighted by molar-refractivity contribution is 0.0340. The van der Waals surface area contributed by atoms with Gasteiger partial charge in [-0.25, -0.2) is 4.39 Å². The summed E-state index contributed by atoms with van der Waals surface area (Å²) in [7, 11) is -0.620. The fourth-order valence-electron chi connectivity index (χ4n) is 1.56. The second kappa shape index (κ2) is 4.36. The van der Waals surface area contributed by atoms with Crippen LogP contribution < -0.4 is 5.46 Å². The van der Waals surface area contributed by atoms with Gasteiger partial charge in [0.25, 0.3) is 0 Å². The van der Waals surface area contributed by atoms with E-state index in [1.54, 1.807) is 12.1 Å². The molecule has 0 unspecified atom stereocenters. The van der Waals surface area contributed by atoms with Crippen LogP contribution in [-0.2, 0) is 9.31 Å². The molecule has 1 fully saturated rings. The largest absolute Gasteiger partial charge is 0.496 e. The van der Waals surface area contributed by atoms with Crippen molar-refractivity contribution in [2.24, 2.45) is 5.41 Å². The highest BCUT2D eigenvalue weighted by molar-refractivity contribution is 6.61. The van der Waals surface area contributed by atoms with Crippen LogP contribution in [0.2, 0.25) is 5.02 Å². The average Bonchev–Trinajstić information content (AvgIpc) is 2.19. The molecule has 0 N–H and O–H groups in total. The van der Waals surface area contributed by atoms with Gasteiger partial charge in [0.2, 0.25) is 0 Å². The van der Waals surface area contributed by atoms with E-state index in [0.717, 1.165) is 0 Å². The summed E-state index contributed by atoms with van der Waals surface area (Å²) in [6.07, 6.45) is 0. The molecule has 5 heteroatoms. The van der Waals surface area contributed by atoms with Gasteiger partial charge in [0.05, 0.1) is 0 Å². The first-order chi connectivity index (χ1) is 7.48. The van der Waals surface area contributed by atoms with E-state index in [1.165, 1.54) is 6.07 Å². The smallest absolute Gasteiger partial charge is 0.407 e. The summed E-state index contributed by atoms with van der Waals surface area (Å²) in [5.41, 5.74) is 0.388. The van der Waals surface area contributed by atoms with E-state index in [4.69, 9.17) is 20.9 Å². The minimum atomic E-state index is -0.620. The standard InChI is InChI=1S/C11H13BClFO2/c1-11(2)6-15-12(16-7-11)9-4-3-8(13)5-10(9)14/h3-5H,6-7H2,1-2H3. The van der Waals surface area contributed by atoms with E-state index in [2.05, 4.69) is 0 Å². The molecular weight excluding hydrogens is 229 g/mol. The molecular formula is C11H13BClFO2. The number of hydrogen-bond acceptors (Lipinski definition) is 2. The zero-order chi connectivity index (χ0) is 11.8. The van der Waals surface area contributed by atoms with Gasteiger partial charge in [0, 0.05) is 29.1 Å². The molecule has 1 aliphatic heterocycles. The highest BCUT2D eigenvalue weighted by atomic mass is 35.5. The molecule has 0 radical (unpaired) electrons. The van der Waals surface area contributed by atoms with Crippen molar-refractivity contribution in [1.82, 2.24) is 0 Å². The molecule has 0 spiro atoms. The van der Waals surface area contributed by atoms with Crippen LogP contribution in [0.15, 0.2) is 18.2 Å². The Morgan fingerprint density at radius 2 is 1.94 bits per heavy atom. The predicted octanol–water partition coefficient (Wildman–Crippen LogP) is 2.25. The zero-order valence-electron chi connectivity index (χ0n) is 9.30. The summed E-state index contributed by atoms with van der Waals surface area (Å²) in [6.45, 7) is 5.20. The zero-order valence-corrected chi connectivity index (χ0v) is 10.1. The molecule has 1 aliphatic rings. The van der Waals surface area contributed by atoms with Crippen LogP contribution in [0, 0.1) is 11.2 Å². The SMILES string of the molecule is CC1(C)COB(c2ccc(Cl)cc2F)OC1. The third kappa shape index (κ3) is 2.57. The van der Waals surface area contributed by atoms with Gasteiger partial charge in [0.15, 0.2) is 0 Å².